The number of ether oxygens (including phenoxy) is 1. The molecular weight excluding hydrogens is 336 g/mol. The van der Waals surface area contributed by atoms with E-state index in [-0.39, 0.29) is 11.7 Å². The van der Waals surface area contributed by atoms with Crippen LogP contribution in [0.3, 0.4) is 0 Å². The van der Waals surface area contributed by atoms with Crippen molar-refractivity contribution in [2.24, 2.45) is 0 Å². The number of carbonyl (C=O) groups is 1. The molecule has 1 aliphatic rings. The second-order valence-electron chi connectivity index (χ2n) is 5.05. The lowest BCUT2D eigenvalue weighted by molar-refractivity contribution is -0.386. The van der Waals surface area contributed by atoms with Gasteiger partial charge in [-0.3, -0.25) is 14.9 Å². The number of rotatable bonds is 3. The molecule has 0 spiro atoms. The van der Waals surface area contributed by atoms with Crippen LogP contribution in [-0.2, 0) is 4.79 Å². The molecule has 24 heavy (non-hydrogen) atoms. The lowest BCUT2D eigenvalue weighted by atomic mass is 10.0. The third-order valence-corrected chi connectivity index (χ3v) is 3.80. The molecule has 8 heteroatoms. The molecule has 1 amide bonds. The lowest BCUT2D eigenvalue weighted by Crippen LogP contribution is -2.03. The number of fused-ring (bicyclic) bond motifs is 1. The molecule has 7 nitrogen and oxygen atoms in total. The van der Waals surface area contributed by atoms with E-state index in [0.29, 0.717) is 27.4 Å². The topological polar surface area (TPSA) is 102 Å². The summed E-state index contributed by atoms with van der Waals surface area (Å²) in [5.74, 6) is -0.966. The molecule has 0 aromatic heterocycles. The second kappa shape index (κ2) is 5.86. The Hall–Kier alpha value is -3.06. The highest BCUT2D eigenvalue weighted by atomic mass is 35.5. The van der Waals surface area contributed by atoms with Gasteiger partial charge < -0.3 is 15.2 Å². The number of methoxy groups -OCH3 is 1. The summed E-state index contributed by atoms with van der Waals surface area (Å²) in [5.41, 5.74) is 1.35. The van der Waals surface area contributed by atoms with Gasteiger partial charge in [0.05, 0.1) is 12.0 Å². The number of nitro groups is 1. The minimum atomic E-state index is -0.723. The molecular formula is C16H11ClN2O5. The van der Waals surface area contributed by atoms with E-state index in [4.69, 9.17) is 16.3 Å². The number of phenolic OH excluding ortho intramolecular Hbond substituents is 1. The van der Waals surface area contributed by atoms with Gasteiger partial charge >= 0.3 is 5.69 Å². The lowest BCUT2D eigenvalue weighted by Gasteiger charge is -2.06. The van der Waals surface area contributed by atoms with Crippen LogP contribution in [0.15, 0.2) is 30.3 Å². The predicted molar refractivity (Wildman–Crippen MR) is 89.3 cm³/mol. The van der Waals surface area contributed by atoms with Crippen LogP contribution in [0.1, 0.15) is 11.1 Å². The van der Waals surface area contributed by atoms with Crippen molar-refractivity contribution in [1.82, 2.24) is 0 Å². The average Bonchev–Trinajstić information content (AvgIpc) is 2.84. The Balaban J connectivity index is 2.16. The number of carbonyl (C=O) groups excluding carboxylic acids is 1. The Labute approximate surface area is 141 Å². The molecule has 0 atom stereocenters. The largest absolute Gasteiger partial charge is 0.500 e. The summed E-state index contributed by atoms with van der Waals surface area (Å²) in [6, 6.07) is 7.53. The number of benzene rings is 2. The number of halogens is 1. The summed E-state index contributed by atoms with van der Waals surface area (Å²) >= 11 is 5.97. The second-order valence-corrected chi connectivity index (χ2v) is 5.49. The monoisotopic (exact) mass is 346 g/mol. The van der Waals surface area contributed by atoms with Crippen molar-refractivity contribution in [3.05, 3.63) is 56.6 Å². The van der Waals surface area contributed by atoms with Gasteiger partial charge in [0.1, 0.15) is 0 Å². The van der Waals surface area contributed by atoms with Crippen molar-refractivity contribution in [2.75, 3.05) is 12.4 Å². The summed E-state index contributed by atoms with van der Waals surface area (Å²) < 4.78 is 4.95. The van der Waals surface area contributed by atoms with Gasteiger partial charge in [0.2, 0.25) is 5.75 Å². The highest BCUT2D eigenvalue weighted by Gasteiger charge is 2.25. The molecule has 0 bridgehead atoms. The van der Waals surface area contributed by atoms with E-state index in [1.807, 2.05) is 0 Å². The molecule has 0 saturated carbocycles. The van der Waals surface area contributed by atoms with E-state index >= 15 is 0 Å². The number of amides is 1. The van der Waals surface area contributed by atoms with Gasteiger partial charge in [0.15, 0.2) is 5.75 Å². The van der Waals surface area contributed by atoms with Gasteiger partial charge in [-0.25, -0.2) is 0 Å². The fraction of sp³-hybridized carbons (Fsp3) is 0.0625. The van der Waals surface area contributed by atoms with Crippen LogP contribution in [-0.4, -0.2) is 23.0 Å². The van der Waals surface area contributed by atoms with Crippen LogP contribution in [0.4, 0.5) is 11.4 Å². The standard InChI is InChI=1S/C16H11ClN2O5/c1-24-14-6-8(5-13(15(14)20)19(22)23)4-11-10-7-9(17)2-3-12(10)18-16(11)21/h2-7,20H,1H3,(H,18,21)/b11-4+. The van der Waals surface area contributed by atoms with E-state index in [1.54, 1.807) is 18.2 Å². The molecule has 122 valence electrons. The number of hydrogen-bond donors (Lipinski definition) is 2. The number of anilines is 1. The molecule has 0 fully saturated rings. The van der Waals surface area contributed by atoms with Crippen molar-refractivity contribution >= 4 is 40.5 Å². The number of nitrogens with zero attached hydrogens (tertiary/aromatic N) is 1. The first-order chi connectivity index (χ1) is 11.4. The van der Waals surface area contributed by atoms with Gasteiger partial charge in [0.25, 0.3) is 5.91 Å². The smallest absolute Gasteiger partial charge is 0.315 e. The van der Waals surface area contributed by atoms with Gasteiger partial charge in [-0.15, -0.1) is 0 Å². The molecule has 0 radical (unpaired) electrons. The van der Waals surface area contributed by atoms with Gasteiger partial charge in [0, 0.05) is 27.9 Å². The molecule has 1 heterocycles. The normalized spacial score (nSPS) is 14.4. The molecule has 2 aromatic carbocycles. The zero-order valence-corrected chi connectivity index (χ0v) is 13.1. The maximum absolute atomic E-state index is 12.2. The number of aromatic hydroxyl groups is 1. The summed E-state index contributed by atoms with van der Waals surface area (Å²) in [6.45, 7) is 0. The van der Waals surface area contributed by atoms with E-state index in [0.717, 1.165) is 0 Å². The van der Waals surface area contributed by atoms with Crippen LogP contribution >= 0.6 is 11.6 Å². The van der Waals surface area contributed by atoms with Crippen molar-refractivity contribution in [2.45, 2.75) is 0 Å². The Kier molecular flexibility index (Phi) is 3.86. The molecule has 2 aromatic rings. The maximum atomic E-state index is 12.2. The van der Waals surface area contributed by atoms with Crippen molar-refractivity contribution in [1.29, 1.82) is 0 Å². The predicted octanol–water partition coefficient (Wildman–Crippen LogP) is 3.46. The first kappa shape index (κ1) is 15.8. The molecule has 0 unspecified atom stereocenters. The van der Waals surface area contributed by atoms with Crippen LogP contribution in [0, 0.1) is 10.1 Å². The first-order valence-corrected chi connectivity index (χ1v) is 7.17. The number of hydrogen-bond acceptors (Lipinski definition) is 5. The first-order valence-electron chi connectivity index (χ1n) is 6.79. The van der Waals surface area contributed by atoms with E-state index in [9.17, 15) is 20.0 Å². The zero-order chi connectivity index (χ0) is 17.4. The Morgan fingerprint density at radius 1 is 1.33 bits per heavy atom. The zero-order valence-electron chi connectivity index (χ0n) is 12.4. The summed E-state index contributed by atoms with van der Waals surface area (Å²) in [7, 11) is 1.28. The van der Waals surface area contributed by atoms with Gasteiger partial charge in [-0.05, 0) is 35.9 Å². The number of nitro benzene ring substituents is 1. The maximum Gasteiger partial charge on any atom is 0.315 e. The minimum absolute atomic E-state index is 0.0548. The van der Waals surface area contributed by atoms with Gasteiger partial charge in [-0.2, -0.15) is 0 Å². The average molecular weight is 347 g/mol. The molecule has 1 aliphatic heterocycles. The third-order valence-electron chi connectivity index (χ3n) is 3.57. The van der Waals surface area contributed by atoms with Gasteiger partial charge in [-0.1, -0.05) is 11.6 Å². The molecule has 3 rings (SSSR count). The fourth-order valence-electron chi connectivity index (χ4n) is 2.46. The highest BCUT2D eigenvalue weighted by molar-refractivity contribution is 6.36. The fourth-order valence-corrected chi connectivity index (χ4v) is 2.63. The van der Waals surface area contributed by atoms with E-state index < -0.39 is 16.4 Å². The van der Waals surface area contributed by atoms with Crippen LogP contribution in [0.2, 0.25) is 5.02 Å². The Morgan fingerprint density at radius 3 is 2.75 bits per heavy atom. The summed E-state index contributed by atoms with van der Waals surface area (Å²) in [5, 5.41) is 24.0. The van der Waals surface area contributed by atoms with Crippen molar-refractivity contribution in [3.8, 4) is 11.5 Å². The van der Waals surface area contributed by atoms with Crippen LogP contribution < -0.4 is 10.1 Å². The van der Waals surface area contributed by atoms with Crippen molar-refractivity contribution < 1.29 is 19.6 Å². The molecule has 0 aliphatic carbocycles. The Bertz CT molecular complexity index is 908. The van der Waals surface area contributed by atoms with Crippen molar-refractivity contribution in [3.63, 3.8) is 0 Å². The van der Waals surface area contributed by atoms with Crippen LogP contribution in [0.5, 0.6) is 11.5 Å². The number of phenols is 1. The quantitative estimate of drug-likeness (QED) is 0.503. The Morgan fingerprint density at radius 2 is 2.08 bits per heavy atom. The highest BCUT2D eigenvalue weighted by Crippen LogP contribution is 2.39. The summed E-state index contributed by atoms with van der Waals surface area (Å²) in [6.07, 6.45) is 1.48. The summed E-state index contributed by atoms with van der Waals surface area (Å²) in [4.78, 5) is 22.5. The van der Waals surface area contributed by atoms with Crippen LogP contribution in [0.25, 0.3) is 11.6 Å². The SMILES string of the molecule is COc1cc(/C=C2/C(=O)Nc3ccc(Cl)cc32)cc([N+](=O)[O-])c1O. The minimum Gasteiger partial charge on any atom is -0.500 e. The number of nitrogens with one attached hydrogen (secondary N) is 1. The van der Waals surface area contributed by atoms with E-state index in [2.05, 4.69) is 5.32 Å². The molecule has 2 N–H and O–H groups in total. The molecule has 0 saturated heterocycles. The third kappa shape index (κ3) is 2.65. The van der Waals surface area contributed by atoms with E-state index in [1.165, 1.54) is 25.3 Å².